The summed E-state index contributed by atoms with van der Waals surface area (Å²) in [6.45, 7) is 5.04. The average molecular weight is 354 g/mol. The predicted octanol–water partition coefficient (Wildman–Crippen LogP) is 2.39. The fraction of sp³-hybridized carbons (Fsp3) is 0.381. The van der Waals surface area contributed by atoms with Crippen molar-refractivity contribution >= 4 is 5.91 Å². The molecule has 2 aromatic rings. The number of nitrogens with zero attached hydrogens (tertiary/aromatic N) is 1. The molecule has 1 aliphatic heterocycles. The van der Waals surface area contributed by atoms with Gasteiger partial charge in [0.25, 0.3) is 0 Å². The van der Waals surface area contributed by atoms with Crippen molar-refractivity contribution in [3.63, 3.8) is 0 Å². The number of hydrogen-bond acceptors (Lipinski definition) is 4. The Morgan fingerprint density at radius 3 is 2.54 bits per heavy atom. The van der Waals surface area contributed by atoms with E-state index in [1.165, 1.54) is 5.56 Å². The zero-order chi connectivity index (χ0) is 18.2. The summed E-state index contributed by atoms with van der Waals surface area (Å²) >= 11 is 0. The van der Waals surface area contributed by atoms with Crippen LogP contribution in [-0.4, -0.2) is 44.2 Å². The van der Waals surface area contributed by atoms with Gasteiger partial charge in [-0.05, 0) is 28.8 Å². The molecule has 1 saturated heterocycles. The maximum Gasteiger partial charge on any atom is 0.224 e. The molecule has 138 valence electrons. The molecule has 0 saturated carbocycles. The van der Waals surface area contributed by atoms with Crippen LogP contribution in [0.5, 0.6) is 5.75 Å². The molecular weight excluding hydrogens is 328 g/mol. The Morgan fingerprint density at radius 1 is 1.08 bits per heavy atom. The highest BCUT2D eigenvalue weighted by molar-refractivity contribution is 5.78. The van der Waals surface area contributed by atoms with Crippen molar-refractivity contribution in [2.45, 2.75) is 19.5 Å². The van der Waals surface area contributed by atoms with Crippen LogP contribution in [0.4, 0.5) is 0 Å². The summed E-state index contributed by atoms with van der Waals surface area (Å²) < 4.78 is 10.5. The van der Waals surface area contributed by atoms with Crippen molar-refractivity contribution in [3.8, 4) is 5.75 Å². The molecule has 1 amide bonds. The number of amides is 1. The first-order valence-electron chi connectivity index (χ1n) is 9.00. The van der Waals surface area contributed by atoms with Crippen LogP contribution in [0.25, 0.3) is 0 Å². The zero-order valence-electron chi connectivity index (χ0n) is 15.2. The van der Waals surface area contributed by atoms with Gasteiger partial charge in [-0.2, -0.15) is 0 Å². The van der Waals surface area contributed by atoms with Gasteiger partial charge in [-0.3, -0.25) is 9.69 Å². The standard InChI is InChI=1S/C21H26N2O3/c1-25-20-7-5-17(6-8-20)14-21(24)22-15-18-3-2-4-19(13-18)16-23-9-11-26-12-10-23/h2-8,13H,9-12,14-16H2,1H3,(H,22,24). The predicted molar refractivity (Wildman–Crippen MR) is 101 cm³/mol. The summed E-state index contributed by atoms with van der Waals surface area (Å²) in [5, 5.41) is 3.00. The minimum atomic E-state index is 0.0220. The van der Waals surface area contributed by atoms with Gasteiger partial charge in [0.1, 0.15) is 5.75 Å². The molecule has 5 nitrogen and oxygen atoms in total. The second-order valence-corrected chi connectivity index (χ2v) is 6.51. The van der Waals surface area contributed by atoms with E-state index in [0.717, 1.165) is 49.7 Å². The lowest BCUT2D eigenvalue weighted by Gasteiger charge is -2.26. The number of morpholine rings is 1. The van der Waals surface area contributed by atoms with E-state index in [1.807, 2.05) is 24.3 Å². The third-order valence-electron chi connectivity index (χ3n) is 4.51. The van der Waals surface area contributed by atoms with Crippen molar-refractivity contribution in [3.05, 3.63) is 65.2 Å². The molecule has 0 aliphatic carbocycles. The fourth-order valence-electron chi connectivity index (χ4n) is 3.05. The summed E-state index contributed by atoms with van der Waals surface area (Å²) in [7, 11) is 1.63. The Labute approximate surface area is 154 Å². The van der Waals surface area contributed by atoms with Crippen LogP contribution in [0.1, 0.15) is 16.7 Å². The van der Waals surface area contributed by atoms with Crippen molar-refractivity contribution in [1.82, 2.24) is 10.2 Å². The Balaban J connectivity index is 1.48. The van der Waals surface area contributed by atoms with E-state index in [-0.39, 0.29) is 5.91 Å². The van der Waals surface area contributed by atoms with Crippen LogP contribution in [0.2, 0.25) is 0 Å². The first kappa shape index (κ1) is 18.4. The maximum atomic E-state index is 12.2. The highest BCUT2D eigenvalue weighted by atomic mass is 16.5. The fourth-order valence-corrected chi connectivity index (χ4v) is 3.05. The van der Waals surface area contributed by atoms with E-state index in [0.29, 0.717) is 13.0 Å². The lowest BCUT2D eigenvalue weighted by molar-refractivity contribution is -0.120. The average Bonchev–Trinajstić information content (AvgIpc) is 2.68. The Bertz CT molecular complexity index is 709. The van der Waals surface area contributed by atoms with E-state index in [9.17, 15) is 4.79 Å². The molecule has 0 bridgehead atoms. The molecule has 1 heterocycles. The van der Waals surface area contributed by atoms with E-state index in [1.54, 1.807) is 7.11 Å². The van der Waals surface area contributed by atoms with E-state index >= 15 is 0 Å². The highest BCUT2D eigenvalue weighted by Crippen LogP contribution is 2.12. The Morgan fingerprint density at radius 2 is 1.81 bits per heavy atom. The maximum absolute atomic E-state index is 12.2. The normalized spacial score (nSPS) is 14.8. The van der Waals surface area contributed by atoms with E-state index in [2.05, 4.69) is 34.5 Å². The minimum Gasteiger partial charge on any atom is -0.497 e. The lowest BCUT2D eigenvalue weighted by atomic mass is 10.1. The van der Waals surface area contributed by atoms with Crippen LogP contribution in [0.3, 0.4) is 0 Å². The largest absolute Gasteiger partial charge is 0.497 e. The van der Waals surface area contributed by atoms with Crippen LogP contribution < -0.4 is 10.1 Å². The molecule has 0 radical (unpaired) electrons. The first-order valence-corrected chi connectivity index (χ1v) is 9.00. The molecule has 1 aliphatic rings. The van der Waals surface area contributed by atoms with Gasteiger partial charge < -0.3 is 14.8 Å². The van der Waals surface area contributed by atoms with Gasteiger partial charge in [-0.1, -0.05) is 36.4 Å². The Hall–Kier alpha value is -2.37. The summed E-state index contributed by atoms with van der Waals surface area (Å²) in [6, 6.07) is 16.0. The quantitative estimate of drug-likeness (QED) is 0.829. The number of methoxy groups -OCH3 is 1. The molecule has 0 atom stereocenters. The molecule has 0 aromatic heterocycles. The number of benzene rings is 2. The number of nitrogens with one attached hydrogen (secondary N) is 1. The van der Waals surface area contributed by atoms with E-state index < -0.39 is 0 Å². The number of ether oxygens (including phenoxy) is 2. The molecule has 0 unspecified atom stereocenters. The SMILES string of the molecule is COc1ccc(CC(=O)NCc2cccc(CN3CCOCC3)c2)cc1. The molecule has 0 spiro atoms. The molecular formula is C21H26N2O3. The van der Waals surface area contributed by atoms with Crippen LogP contribution >= 0.6 is 0 Å². The van der Waals surface area contributed by atoms with Gasteiger partial charge in [0.2, 0.25) is 5.91 Å². The van der Waals surface area contributed by atoms with Gasteiger partial charge in [0.15, 0.2) is 0 Å². The summed E-state index contributed by atoms with van der Waals surface area (Å²) in [4.78, 5) is 14.6. The van der Waals surface area contributed by atoms with Gasteiger partial charge in [-0.25, -0.2) is 0 Å². The van der Waals surface area contributed by atoms with Crippen LogP contribution in [0, 0.1) is 0 Å². The number of carbonyl (C=O) groups excluding carboxylic acids is 1. The number of carbonyl (C=O) groups is 1. The molecule has 3 rings (SSSR count). The molecule has 26 heavy (non-hydrogen) atoms. The topological polar surface area (TPSA) is 50.8 Å². The van der Waals surface area contributed by atoms with Gasteiger partial charge in [0, 0.05) is 26.2 Å². The number of rotatable bonds is 7. The Kier molecular flexibility index (Phi) is 6.63. The zero-order valence-corrected chi connectivity index (χ0v) is 15.2. The van der Waals surface area contributed by atoms with Gasteiger partial charge >= 0.3 is 0 Å². The van der Waals surface area contributed by atoms with Crippen molar-refractivity contribution in [1.29, 1.82) is 0 Å². The lowest BCUT2D eigenvalue weighted by Crippen LogP contribution is -2.35. The second-order valence-electron chi connectivity index (χ2n) is 6.51. The minimum absolute atomic E-state index is 0.0220. The molecule has 1 fully saturated rings. The molecule has 5 heteroatoms. The van der Waals surface area contributed by atoms with Crippen LogP contribution in [0.15, 0.2) is 48.5 Å². The van der Waals surface area contributed by atoms with Gasteiger partial charge in [0.05, 0.1) is 26.7 Å². The second kappa shape index (κ2) is 9.36. The number of hydrogen-bond donors (Lipinski definition) is 1. The van der Waals surface area contributed by atoms with E-state index in [4.69, 9.17) is 9.47 Å². The summed E-state index contributed by atoms with van der Waals surface area (Å²) in [5.41, 5.74) is 3.37. The van der Waals surface area contributed by atoms with Crippen molar-refractivity contribution in [2.75, 3.05) is 33.4 Å². The third kappa shape index (κ3) is 5.58. The van der Waals surface area contributed by atoms with Gasteiger partial charge in [-0.15, -0.1) is 0 Å². The highest BCUT2D eigenvalue weighted by Gasteiger charge is 2.11. The molecule has 2 aromatic carbocycles. The monoisotopic (exact) mass is 354 g/mol. The summed E-state index contributed by atoms with van der Waals surface area (Å²) in [5.74, 6) is 0.819. The van der Waals surface area contributed by atoms with Crippen molar-refractivity contribution in [2.24, 2.45) is 0 Å². The smallest absolute Gasteiger partial charge is 0.224 e. The molecule has 1 N–H and O–H groups in total. The third-order valence-corrected chi connectivity index (χ3v) is 4.51. The first-order chi connectivity index (χ1) is 12.7. The summed E-state index contributed by atoms with van der Waals surface area (Å²) in [6.07, 6.45) is 0.372. The van der Waals surface area contributed by atoms with Crippen molar-refractivity contribution < 1.29 is 14.3 Å². The van der Waals surface area contributed by atoms with Crippen LogP contribution in [-0.2, 0) is 29.0 Å².